The molecule has 3 nitrogen and oxygen atoms in total. The Labute approximate surface area is 87.2 Å². The molecule has 0 radical (unpaired) electrons. The first-order chi connectivity index (χ1) is 7.24. The summed E-state index contributed by atoms with van der Waals surface area (Å²) in [5, 5.41) is 0. The highest BCUT2D eigenvalue weighted by molar-refractivity contribution is 6.16. The van der Waals surface area contributed by atoms with E-state index in [1.807, 2.05) is 0 Å². The zero-order chi connectivity index (χ0) is 10.7. The number of hydrogen-bond acceptors (Lipinski definition) is 3. The Morgan fingerprint density at radius 3 is 2.27 bits per heavy atom. The molecular formula is C12H9NO2. The van der Waals surface area contributed by atoms with Gasteiger partial charge in [-0.2, -0.15) is 0 Å². The first-order valence-corrected chi connectivity index (χ1v) is 4.64. The Morgan fingerprint density at radius 2 is 1.67 bits per heavy atom. The summed E-state index contributed by atoms with van der Waals surface area (Å²) >= 11 is 0. The summed E-state index contributed by atoms with van der Waals surface area (Å²) in [7, 11) is 0. The normalized spacial score (nSPS) is 19.5. The molecular weight excluding hydrogens is 190 g/mol. The van der Waals surface area contributed by atoms with E-state index in [4.69, 9.17) is 0 Å². The van der Waals surface area contributed by atoms with Crippen LogP contribution in [0.25, 0.3) is 0 Å². The minimum absolute atomic E-state index is 0.0303. The average Bonchev–Trinajstić information content (AvgIpc) is 2.25. The van der Waals surface area contributed by atoms with E-state index >= 15 is 0 Å². The molecule has 0 fully saturated rings. The third-order valence-electron chi connectivity index (χ3n) is 2.05. The highest BCUT2D eigenvalue weighted by Gasteiger charge is 2.04. The largest absolute Gasteiger partial charge is 0.295 e. The van der Waals surface area contributed by atoms with Crippen LogP contribution in [0.15, 0.2) is 53.2 Å². The molecule has 0 aromatic carbocycles. The molecule has 2 aliphatic rings. The van der Waals surface area contributed by atoms with Crippen molar-refractivity contribution in [1.82, 2.24) is 0 Å². The summed E-state index contributed by atoms with van der Waals surface area (Å²) in [5.74, 6) is 0.0566. The van der Waals surface area contributed by atoms with Gasteiger partial charge in [-0.25, -0.2) is 4.99 Å². The van der Waals surface area contributed by atoms with E-state index in [-0.39, 0.29) is 11.6 Å². The van der Waals surface area contributed by atoms with Gasteiger partial charge in [-0.1, -0.05) is 6.08 Å². The lowest BCUT2D eigenvalue weighted by molar-refractivity contribution is -0.114. The SMILES string of the molecule is O=C1C=CC(=NC2=CCC(=O)C=C2)C=C1. The lowest BCUT2D eigenvalue weighted by Gasteiger charge is -2.03. The number of ketones is 2. The minimum atomic E-state index is -0.0303. The summed E-state index contributed by atoms with van der Waals surface area (Å²) in [4.78, 5) is 26.0. The van der Waals surface area contributed by atoms with Crippen LogP contribution in [0.4, 0.5) is 0 Å². The Morgan fingerprint density at radius 1 is 0.933 bits per heavy atom. The lowest BCUT2D eigenvalue weighted by Crippen LogP contribution is -2.01. The van der Waals surface area contributed by atoms with Crippen LogP contribution in [-0.2, 0) is 9.59 Å². The zero-order valence-electron chi connectivity index (χ0n) is 8.01. The first kappa shape index (κ1) is 9.52. The molecule has 0 aliphatic heterocycles. The second-order valence-electron chi connectivity index (χ2n) is 3.24. The maximum atomic E-state index is 10.9. The van der Waals surface area contributed by atoms with Crippen LogP contribution < -0.4 is 0 Å². The molecule has 0 amide bonds. The fourth-order valence-corrected chi connectivity index (χ4v) is 1.27. The number of rotatable bonds is 1. The van der Waals surface area contributed by atoms with Gasteiger partial charge in [0.15, 0.2) is 11.6 Å². The predicted molar refractivity (Wildman–Crippen MR) is 57.6 cm³/mol. The van der Waals surface area contributed by atoms with Crippen LogP contribution in [0.3, 0.4) is 0 Å². The Hall–Kier alpha value is -2.03. The molecule has 0 atom stereocenters. The van der Waals surface area contributed by atoms with Crippen LogP contribution in [-0.4, -0.2) is 17.3 Å². The number of allylic oxidation sites excluding steroid dienone is 7. The van der Waals surface area contributed by atoms with Crippen molar-refractivity contribution in [3.8, 4) is 0 Å². The van der Waals surface area contributed by atoms with Crippen molar-refractivity contribution < 1.29 is 9.59 Å². The second kappa shape index (κ2) is 4.00. The molecule has 0 bridgehead atoms. The van der Waals surface area contributed by atoms with Crippen molar-refractivity contribution in [3.05, 3.63) is 48.2 Å². The molecule has 74 valence electrons. The molecule has 0 heterocycles. The molecule has 3 heteroatoms. The molecule has 2 rings (SSSR count). The quantitative estimate of drug-likeness (QED) is 0.601. The third-order valence-corrected chi connectivity index (χ3v) is 2.05. The number of nitrogens with zero attached hydrogens (tertiary/aromatic N) is 1. The van der Waals surface area contributed by atoms with Gasteiger partial charge in [-0.3, -0.25) is 9.59 Å². The van der Waals surface area contributed by atoms with Crippen LogP contribution in [0.5, 0.6) is 0 Å². The van der Waals surface area contributed by atoms with Gasteiger partial charge in [0.25, 0.3) is 0 Å². The molecule has 0 spiro atoms. The molecule has 15 heavy (non-hydrogen) atoms. The number of aliphatic imine (C=N–C) groups is 1. The van der Waals surface area contributed by atoms with E-state index in [1.54, 1.807) is 24.3 Å². The molecule has 2 aliphatic carbocycles. The van der Waals surface area contributed by atoms with Crippen molar-refractivity contribution in [3.63, 3.8) is 0 Å². The van der Waals surface area contributed by atoms with Crippen molar-refractivity contribution in [2.24, 2.45) is 4.99 Å². The van der Waals surface area contributed by atoms with Gasteiger partial charge in [0, 0.05) is 6.42 Å². The van der Waals surface area contributed by atoms with E-state index in [2.05, 4.69) is 4.99 Å². The van der Waals surface area contributed by atoms with E-state index in [1.165, 1.54) is 18.2 Å². The fourth-order valence-electron chi connectivity index (χ4n) is 1.27. The maximum Gasteiger partial charge on any atom is 0.178 e. The van der Waals surface area contributed by atoms with Gasteiger partial charge in [0.2, 0.25) is 0 Å². The topological polar surface area (TPSA) is 46.5 Å². The fraction of sp³-hybridized carbons (Fsp3) is 0.0833. The van der Waals surface area contributed by atoms with E-state index in [0.29, 0.717) is 6.42 Å². The molecule has 0 saturated heterocycles. The highest BCUT2D eigenvalue weighted by Crippen LogP contribution is 2.10. The van der Waals surface area contributed by atoms with Crippen LogP contribution in [0, 0.1) is 0 Å². The van der Waals surface area contributed by atoms with E-state index in [9.17, 15) is 9.59 Å². The smallest absolute Gasteiger partial charge is 0.178 e. The van der Waals surface area contributed by atoms with Gasteiger partial charge in [0.1, 0.15) is 0 Å². The van der Waals surface area contributed by atoms with Gasteiger partial charge in [-0.05, 0) is 36.5 Å². The number of hydrogen-bond donors (Lipinski definition) is 0. The molecule has 0 unspecified atom stereocenters. The maximum absolute atomic E-state index is 10.9. The molecule has 0 aromatic rings. The van der Waals surface area contributed by atoms with Crippen LogP contribution in [0.2, 0.25) is 0 Å². The molecule has 0 aromatic heterocycles. The van der Waals surface area contributed by atoms with Crippen molar-refractivity contribution in [2.75, 3.05) is 0 Å². The summed E-state index contributed by atoms with van der Waals surface area (Å²) in [6.07, 6.45) is 11.6. The van der Waals surface area contributed by atoms with Gasteiger partial charge in [0.05, 0.1) is 11.4 Å². The first-order valence-electron chi connectivity index (χ1n) is 4.64. The third kappa shape index (κ3) is 2.47. The van der Waals surface area contributed by atoms with E-state index in [0.717, 1.165) is 11.4 Å². The number of carbonyl (C=O) groups excluding carboxylic acids is 2. The van der Waals surface area contributed by atoms with Gasteiger partial charge < -0.3 is 0 Å². The number of carbonyl (C=O) groups is 2. The van der Waals surface area contributed by atoms with Crippen LogP contribution in [0.1, 0.15) is 6.42 Å². The summed E-state index contributed by atoms with van der Waals surface area (Å²) in [6.45, 7) is 0. The molecule has 0 N–H and O–H groups in total. The highest BCUT2D eigenvalue weighted by atomic mass is 16.1. The predicted octanol–water partition coefficient (Wildman–Crippen LogP) is 1.54. The summed E-state index contributed by atoms with van der Waals surface area (Å²) in [5.41, 5.74) is 1.48. The lowest BCUT2D eigenvalue weighted by atomic mass is 10.1. The summed E-state index contributed by atoms with van der Waals surface area (Å²) < 4.78 is 0. The van der Waals surface area contributed by atoms with Crippen LogP contribution >= 0.6 is 0 Å². The van der Waals surface area contributed by atoms with E-state index < -0.39 is 0 Å². The minimum Gasteiger partial charge on any atom is -0.295 e. The van der Waals surface area contributed by atoms with Gasteiger partial charge >= 0.3 is 0 Å². The van der Waals surface area contributed by atoms with Crippen molar-refractivity contribution >= 4 is 17.3 Å². The second-order valence-corrected chi connectivity index (χ2v) is 3.24. The van der Waals surface area contributed by atoms with Crippen molar-refractivity contribution in [1.29, 1.82) is 0 Å². The molecule has 0 saturated carbocycles. The Balaban J connectivity index is 2.15. The Kier molecular flexibility index (Phi) is 2.54. The summed E-state index contributed by atoms with van der Waals surface area (Å²) in [6, 6.07) is 0. The Bertz CT molecular complexity index is 444. The standard InChI is InChI=1S/C12H9NO2/c14-11-5-1-9(2-6-11)13-10-3-7-12(15)8-4-10/h1-7H,8H2. The zero-order valence-corrected chi connectivity index (χ0v) is 8.01. The monoisotopic (exact) mass is 199 g/mol. The average molecular weight is 199 g/mol. The van der Waals surface area contributed by atoms with Crippen molar-refractivity contribution in [2.45, 2.75) is 6.42 Å². The van der Waals surface area contributed by atoms with Gasteiger partial charge in [-0.15, -0.1) is 0 Å².